The number of rotatable bonds is 3. The Labute approximate surface area is 124 Å². The zero-order valence-corrected chi connectivity index (χ0v) is 11.7. The molecule has 0 saturated carbocycles. The highest BCUT2D eigenvalue weighted by Gasteiger charge is 2.11. The summed E-state index contributed by atoms with van der Waals surface area (Å²) in [4.78, 5) is 12.1. The molecule has 0 saturated heterocycles. The van der Waals surface area contributed by atoms with Crippen molar-refractivity contribution in [1.82, 2.24) is 15.0 Å². The highest BCUT2D eigenvalue weighted by molar-refractivity contribution is 6.05. The quantitative estimate of drug-likeness (QED) is 0.809. The molecule has 112 valence electrons. The van der Waals surface area contributed by atoms with Crippen molar-refractivity contribution < 1.29 is 13.6 Å². The second-order valence-electron chi connectivity index (χ2n) is 4.72. The molecule has 2 aromatic carbocycles. The maximum absolute atomic E-state index is 13.1. The second-order valence-corrected chi connectivity index (χ2v) is 4.72. The first-order valence-corrected chi connectivity index (χ1v) is 6.67. The van der Waals surface area contributed by atoms with Crippen LogP contribution in [0.15, 0.2) is 36.4 Å². The molecule has 1 heterocycles. The van der Waals surface area contributed by atoms with Crippen molar-refractivity contribution in [3.63, 3.8) is 0 Å². The monoisotopic (exact) mass is 302 g/mol. The molecule has 0 bridgehead atoms. The number of amides is 1. The van der Waals surface area contributed by atoms with Crippen molar-refractivity contribution >= 4 is 22.6 Å². The summed E-state index contributed by atoms with van der Waals surface area (Å²) < 4.78 is 27.9. The van der Waals surface area contributed by atoms with E-state index in [0.29, 0.717) is 17.6 Å². The van der Waals surface area contributed by atoms with Gasteiger partial charge in [0.2, 0.25) is 0 Å². The number of halogens is 2. The summed E-state index contributed by atoms with van der Waals surface area (Å²) in [6.07, 6.45) is 0. The average Bonchev–Trinajstić information content (AvgIpc) is 2.88. The van der Waals surface area contributed by atoms with Gasteiger partial charge in [-0.1, -0.05) is 5.21 Å². The van der Waals surface area contributed by atoms with Gasteiger partial charge in [0, 0.05) is 23.9 Å². The van der Waals surface area contributed by atoms with Crippen molar-refractivity contribution in [3.05, 3.63) is 53.6 Å². The fraction of sp³-hybridized carbons (Fsp3) is 0.133. The standard InChI is InChI=1S/C15H12F2N4O/c1-2-21-14-4-3-9(5-13(14)19-20-21)15(22)18-12-7-10(16)6-11(17)8-12/h3-8H,2H2,1H3,(H,18,22). The molecule has 1 amide bonds. The predicted octanol–water partition coefficient (Wildman–Crippen LogP) is 2.98. The first-order valence-electron chi connectivity index (χ1n) is 6.67. The molecule has 0 aliphatic carbocycles. The summed E-state index contributed by atoms with van der Waals surface area (Å²) in [5, 5.41) is 10.4. The van der Waals surface area contributed by atoms with E-state index in [-0.39, 0.29) is 5.69 Å². The van der Waals surface area contributed by atoms with E-state index in [1.807, 2.05) is 6.92 Å². The highest BCUT2D eigenvalue weighted by Crippen LogP contribution is 2.17. The van der Waals surface area contributed by atoms with E-state index >= 15 is 0 Å². The molecule has 1 aromatic heterocycles. The van der Waals surface area contributed by atoms with Gasteiger partial charge in [0.1, 0.15) is 17.2 Å². The fourth-order valence-corrected chi connectivity index (χ4v) is 2.18. The number of fused-ring (bicyclic) bond motifs is 1. The molecular weight excluding hydrogens is 290 g/mol. The first kappa shape index (κ1) is 14.1. The number of anilines is 1. The molecule has 0 aliphatic heterocycles. The van der Waals surface area contributed by atoms with Gasteiger partial charge in [-0.05, 0) is 37.3 Å². The van der Waals surface area contributed by atoms with Gasteiger partial charge in [-0.2, -0.15) is 0 Å². The van der Waals surface area contributed by atoms with Crippen LogP contribution in [0.4, 0.5) is 14.5 Å². The van der Waals surface area contributed by atoms with Gasteiger partial charge in [0.25, 0.3) is 5.91 Å². The molecule has 0 radical (unpaired) electrons. The van der Waals surface area contributed by atoms with Crippen LogP contribution in [0.5, 0.6) is 0 Å². The number of benzene rings is 2. The number of hydrogen-bond acceptors (Lipinski definition) is 3. The molecule has 0 unspecified atom stereocenters. The van der Waals surface area contributed by atoms with Crippen LogP contribution >= 0.6 is 0 Å². The van der Waals surface area contributed by atoms with Crippen LogP contribution in [0.1, 0.15) is 17.3 Å². The Kier molecular flexibility index (Phi) is 3.54. The third kappa shape index (κ3) is 2.65. The Morgan fingerprint density at radius 2 is 1.91 bits per heavy atom. The SMILES string of the molecule is CCn1nnc2cc(C(=O)Nc3cc(F)cc(F)c3)ccc21. The summed E-state index contributed by atoms with van der Waals surface area (Å²) in [5.74, 6) is -1.98. The molecule has 0 spiro atoms. The number of aromatic nitrogens is 3. The van der Waals surface area contributed by atoms with E-state index in [4.69, 9.17) is 0 Å². The predicted molar refractivity (Wildman–Crippen MR) is 77.5 cm³/mol. The van der Waals surface area contributed by atoms with Crippen molar-refractivity contribution in [2.75, 3.05) is 5.32 Å². The smallest absolute Gasteiger partial charge is 0.255 e. The zero-order chi connectivity index (χ0) is 15.7. The van der Waals surface area contributed by atoms with Crippen molar-refractivity contribution in [1.29, 1.82) is 0 Å². The number of carbonyl (C=O) groups is 1. The average molecular weight is 302 g/mol. The van der Waals surface area contributed by atoms with Gasteiger partial charge in [-0.15, -0.1) is 5.10 Å². The number of nitrogens with zero attached hydrogens (tertiary/aromatic N) is 3. The molecular formula is C15H12F2N4O. The van der Waals surface area contributed by atoms with Crippen molar-refractivity contribution in [2.24, 2.45) is 0 Å². The Morgan fingerprint density at radius 3 is 2.59 bits per heavy atom. The molecule has 3 aromatic rings. The van der Waals surface area contributed by atoms with Crippen molar-refractivity contribution in [3.8, 4) is 0 Å². The first-order chi connectivity index (χ1) is 10.6. The van der Waals surface area contributed by atoms with Gasteiger partial charge in [0.15, 0.2) is 0 Å². The molecule has 0 aliphatic rings. The third-order valence-corrected chi connectivity index (χ3v) is 3.20. The number of nitrogens with one attached hydrogen (secondary N) is 1. The van der Waals surface area contributed by atoms with E-state index in [9.17, 15) is 13.6 Å². The highest BCUT2D eigenvalue weighted by atomic mass is 19.1. The fourth-order valence-electron chi connectivity index (χ4n) is 2.18. The normalized spacial score (nSPS) is 10.9. The molecule has 7 heteroatoms. The van der Waals surface area contributed by atoms with E-state index in [2.05, 4.69) is 15.6 Å². The lowest BCUT2D eigenvalue weighted by molar-refractivity contribution is 0.102. The minimum Gasteiger partial charge on any atom is -0.322 e. The van der Waals surface area contributed by atoms with Gasteiger partial charge in [-0.25, -0.2) is 13.5 Å². The summed E-state index contributed by atoms with van der Waals surface area (Å²) in [6.45, 7) is 2.61. The van der Waals surface area contributed by atoms with Crippen LogP contribution in [0.25, 0.3) is 11.0 Å². The maximum Gasteiger partial charge on any atom is 0.255 e. The van der Waals surface area contributed by atoms with Gasteiger partial charge in [0.05, 0.1) is 5.52 Å². The molecule has 0 fully saturated rings. The van der Waals surface area contributed by atoms with Crippen LogP contribution in [-0.4, -0.2) is 20.9 Å². The lowest BCUT2D eigenvalue weighted by Gasteiger charge is -2.06. The molecule has 22 heavy (non-hydrogen) atoms. The summed E-state index contributed by atoms with van der Waals surface area (Å²) in [7, 11) is 0. The summed E-state index contributed by atoms with van der Waals surface area (Å²) in [6, 6.07) is 7.77. The Hall–Kier alpha value is -2.83. The van der Waals surface area contributed by atoms with Crippen LogP contribution in [-0.2, 0) is 6.54 Å². The van der Waals surface area contributed by atoms with Gasteiger partial charge in [-0.3, -0.25) is 4.79 Å². The summed E-state index contributed by atoms with van der Waals surface area (Å²) >= 11 is 0. The zero-order valence-electron chi connectivity index (χ0n) is 11.7. The van der Waals surface area contributed by atoms with Crippen LogP contribution in [0.3, 0.4) is 0 Å². The second kappa shape index (κ2) is 5.51. The lowest BCUT2D eigenvalue weighted by Crippen LogP contribution is -2.12. The van der Waals surface area contributed by atoms with E-state index in [1.54, 1.807) is 22.9 Å². The topological polar surface area (TPSA) is 59.8 Å². The minimum atomic E-state index is -0.753. The third-order valence-electron chi connectivity index (χ3n) is 3.20. The Morgan fingerprint density at radius 1 is 1.18 bits per heavy atom. The summed E-state index contributed by atoms with van der Waals surface area (Å²) in [5.41, 5.74) is 1.79. The molecule has 3 rings (SSSR count). The Bertz CT molecular complexity index is 840. The van der Waals surface area contributed by atoms with E-state index < -0.39 is 17.5 Å². The number of carbonyl (C=O) groups excluding carboxylic acids is 1. The minimum absolute atomic E-state index is 0.0554. The van der Waals surface area contributed by atoms with Crippen LogP contribution < -0.4 is 5.32 Å². The number of aryl methyl sites for hydroxylation is 1. The molecule has 0 atom stereocenters. The maximum atomic E-state index is 13.1. The lowest BCUT2D eigenvalue weighted by atomic mass is 10.1. The Balaban J connectivity index is 1.88. The largest absolute Gasteiger partial charge is 0.322 e. The van der Waals surface area contributed by atoms with Gasteiger partial charge < -0.3 is 5.32 Å². The van der Waals surface area contributed by atoms with Crippen LogP contribution in [0, 0.1) is 11.6 Å². The van der Waals surface area contributed by atoms with E-state index in [1.165, 1.54) is 0 Å². The molecule has 5 nitrogen and oxygen atoms in total. The van der Waals surface area contributed by atoms with E-state index in [0.717, 1.165) is 23.7 Å². The van der Waals surface area contributed by atoms with Crippen LogP contribution in [0.2, 0.25) is 0 Å². The van der Waals surface area contributed by atoms with Crippen molar-refractivity contribution in [2.45, 2.75) is 13.5 Å². The van der Waals surface area contributed by atoms with Gasteiger partial charge >= 0.3 is 0 Å². The number of hydrogen-bond donors (Lipinski definition) is 1. The molecule has 1 N–H and O–H groups in total.